The Kier molecular flexibility index (Phi) is 2.25. The summed E-state index contributed by atoms with van der Waals surface area (Å²) < 4.78 is 0. The van der Waals surface area contributed by atoms with Crippen molar-refractivity contribution in [2.75, 3.05) is 0 Å². The van der Waals surface area contributed by atoms with Gasteiger partial charge in [-0.05, 0) is 55.8 Å². The largest absolute Gasteiger partial charge is 0.299 e. The van der Waals surface area contributed by atoms with Crippen LogP contribution < -0.4 is 0 Å². The number of carbonyl (C=O) groups is 1. The fraction of sp³-hybridized carbons (Fsp3) is 0.933. The van der Waals surface area contributed by atoms with Crippen molar-refractivity contribution in [3.05, 3.63) is 0 Å². The maximum Gasteiger partial charge on any atom is 0.141 e. The van der Waals surface area contributed by atoms with Crippen LogP contribution in [0.2, 0.25) is 0 Å². The van der Waals surface area contributed by atoms with E-state index in [4.69, 9.17) is 0 Å². The van der Waals surface area contributed by atoms with Gasteiger partial charge in [0.05, 0.1) is 0 Å². The van der Waals surface area contributed by atoms with E-state index >= 15 is 0 Å². The van der Waals surface area contributed by atoms with Gasteiger partial charge in [0.2, 0.25) is 0 Å². The van der Waals surface area contributed by atoms with Crippen LogP contribution in [0.15, 0.2) is 0 Å². The summed E-state index contributed by atoms with van der Waals surface area (Å²) in [5.41, 5.74) is -0.125. The summed E-state index contributed by atoms with van der Waals surface area (Å²) in [6.45, 7) is 6.29. The van der Waals surface area contributed by atoms with E-state index in [1.165, 1.54) is 32.1 Å². The maximum atomic E-state index is 12.6. The van der Waals surface area contributed by atoms with Gasteiger partial charge in [-0.2, -0.15) is 0 Å². The first-order valence-electron chi connectivity index (χ1n) is 6.99. The van der Waals surface area contributed by atoms with Crippen molar-refractivity contribution in [1.29, 1.82) is 0 Å². The molecule has 0 N–H and O–H groups in total. The highest BCUT2D eigenvalue weighted by atomic mass is 16.1. The van der Waals surface area contributed by atoms with Crippen LogP contribution in [-0.2, 0) is 4.79 Å². The van der Waals surface area contributed by atoms with Crippen LogP contribution >= 0.6 is 0 Å². The molecule has 90 valence electrons. The molecule has 4 fully saturated rings. The molecular formula is C15H24O. The number of hydrogen-bond donors (Lipinski definition) is 0. The first-order chi connectivity index (χ1) is 7.45. The Morgan fingerprint density at radius 3 is 1.69 bits per heavy atom. The monoisotopic (exact) mass is 220 g/mol. The molecule has 0 amide bonds. The first kappa shape index (κ1) is 10.8. The summed E-state index contributed by atoms with van der Waals surface area (Å²) in [5, 5.41) is 0. The van der Waals surface area contributed by atoms with Crippen LogP contribution in [0.1, 0.15) is 52.9 Å². The summed E-state index contributed by atoms with van der Waals surface area (Å²) in [5.74, 6) is 4.44. The summed E-state index contributed by atoms with van der Waals surface area (Å²) >= 11 is 0. The molecule has 0 unspecified atom stereocenters. The van der Waals surface area contributed by atoms with E-state index in [0.29, 0.717) is 11.7 Å². The lowest BCUT2D eigenvalue weighted by Gasteiger charge is -2.54. The van der Waals surface area contributed by atoms with Crippen molar-refractivity contribution in [3.8, 4) is 0 Å². The second kappa shape index (κ2) is 3.34. The number of hydrogen-bond acceptors (Lipinski definition) is 1. The van der Waals surface area contributed by atoms with Crippen LogP contribution in [0.4, 0.5) is 0 Å². The molecule has 4 saturated carbocycles. The van der Waals surface area contributed by atoms with Crippen LogP contribution in [0, 0.1) is 35.0 Å². The van der Waals surface area contributed by atoms with Crippen molar-refractivity contribution in [1.82, 2.24) is 0 Å². The van der Waals surface area contributed by atoms with E-state index in [1.807, 2.05) is 0 Å². The fourth-order valence-electron chi connectivity index (χ4n) is 4.85. The minimum absolute atomic E-state index is 0.125. The molecule has 0 aromatic rings. The van der Waals surface area contributed by atoms with Crippen molar-refractivity contribution in [3.63, 3.8) is 0 Å². The van der Waals surface area contributed by atoms with E-state index in [1.54, 1.807) is 0 Å². The summed E-state index contributed by atoms with van der Waals surface area (Å²) in [6.07, 6.45) is 6.92. The molecule has 0 spiro atoms. The van der Waals surface area contributed by atoms with Gasteiger partial charge in [-0.25, -0.2) is 0 Å². The topological polar surface area (TPSA) is 17.1 Å². The molecule has 0 atom stereocenters. The van der Waals surface area contributed by atoms with Gasteiger partial charge in [0.25, 0.3) is 0 Å². The molecule has 0 heterocycles. The van der Waals surface area contributed by atoms with Crippen molar-refractivity contribution in [2.45, 2.75) is 52.9 Å². The second-order valence-corrected chi connectivity index (χ2v) is 7.57. The molecule has 4 bridgehead atoms. The molecule has 1 heteroatoms. The second-order valence-electron chi connectivity index (χ2n) is 7.57. The molecule has 0 aromatic heterocycles. The normalized spacial score (nSPS) is 46.1. The van der Waals surface area contributed by atoms with Gasteiger partial charge >= 0.3 is 0 Å². The van der Waals surface area contributed by atoms with E-state index in [-0.39, 0.29) is 5.41 Å². The highest BCUT2D eigenvalue weighted by Gasteiger charge is 2.52. The number of ketones is 1. The SMILES string of the molecule is CC(C)(C)C(=O)C1C2CC3CC(C2)CC1C3. The minimum atomic E-state index is -0.125. The predicted molar refractivity (Wildman–Crippen MR) is 65.0 cm³/mol. The Balaban J connectivity index is 1.84. The van der Waals surface area contributed by atoms with Crippen LogP contribution in [-0.4, -0.2) is 5.78 Å². The van der Waals surface area contributed by atoms with Gasteiger partial charge in [0.15, 0.2) is 0 Å². The van der Waals surface area contributed by atoms with Crippen LogP contribution in [0.5, 0.6) is 0 Å². The smallest absolute Gasteiger partial charge is 0.141 e. The summed E-state index contributed by atoms with van der Waals surface area (Å²) in [7, 11) is 0. The van der Waals surface area contributed by atoms with Gasteiger partial charge in [-0.15, -0.1) is 0 Å². The average molecular weight is 220 g/mol. The van der Waals surface area contributed by atoms with Gasteiger partial charge < -0.3 is 0 Å². The van der Waals surface area contributed by atoms with Crippen molar-refractivity contribution in [2.24, 2.45) is 35.0 Å². The van der Waals surface area contributed by atoms with Gasteiger partial charge in [0, 0.05) is 11.3 Å². The molecule has 16 heavy (non-hydrogen) atoms. The molecule has 0 radical (unpaired) electrons. The molecule has 4 rings (SSSR count). The number of carbonyl (C=O) groups excluding carboxylic acids is 1. The summed E-state index contributed by atoms with van der Waals surface area (Å²) in [6, 6.07) is 0. The lowest BCUT2D eigenvalue weighted by molar-refractivity contribution is -0.143. The predicted octanol–water partition coefficient (Wildman–Crippen LogP) is 3.67. The zero-order valence-electron chi connectivity index (χ0n) is 10.8. The molecule has 4 aliphatic rings. The Labute approximate surface area is 99.0 Å². The molecule has 1 nitrogen and oxygen atoms in total. The third-order valence-electron chi connectivity index (χ3n) is 5.27. The lowest BCUT2D eigenvalue weighted by atomic mass is 9.50. The highest BCUT2D eigenvalue weighted by Crippen LogP contribution is 2.57. The van der Waals surface area contributed by atoms with Crippen molar-refractivity contribution < 1.29 is 4.79 Å². The number of rotatable bonds is 1. The number of Topliss-reactive ketones (excluding diaryl/α,β-unsaturated/α-hetero) is 1. The third-order valence-corrected chi connectivity index (χ3v) is 5.27. The van der Waals surface area contributed by atoms with Gasteiger partial charge in [-0.3, -0.25) is 4.79 Å². The lowest BCUT2D eigenvalue weighted by Crippen LogP contribution is -2.50. The zero-order valence-corrected chi connectivity index (χ0v) is 10.8. The van der Waals surface area contributed by atoms with Gasteiger partial charge in [-0.1, -0.05) is 20.8 Å². The van der Waals surface area contributed by atoms with E-state index < -0.39 is 0 Å². The molecule has 0 aliphatic heterocycles. The van der Waals surface area contributed by atoms with Crippen LogP contribution in [0.25, 0.3) is 0 Å². The summed E-state index contributed by atoms with van der Waals surface area (Å²) in [4.78, 5) is 12.6. The first-order valence-corrected chi connectivity index (χ1v) is 6.99. The Morgan fingerprint density at radius 1 is 0.875 bits per heavy atom. The zero-order chi connectivity index (χ0) is 11.5. The van der Waals surface area contributed by atoms with Gasteiger partial charge in [0.1, 0.15) is 5.78 Å². The highest BCUT2D eigenvalue weighted by molar-refractivity contribution is 5.86. The quantitative estimate of drug-likeness (QED) is 0.659. The average Bonchev–Trinajstić information content (AvgIpc) is 2.13. The Bertz CT molecular complexity index is 282. The van der Waals surface area contributed by atoms with Crippen LogP contribution in [0.3, 0.4) is 0 Å². The fourth-order valence-corrected chi connectivity index (χ4v) is 4.85. The molecule has 0 aromatic carbocycles. The van der Waals surface area contributed by atoms with E-state index in [9.17, 15) is 4.79 Å². The Hall–Kier alpha value is -0.330. The standard InChI is InChI=1S/C15H24O/c1-15(2,3)14(16)13-11-5-9-4-10(7-11)8-12(13)6-9/h9-13H,4-8H2,1-3H3. The van der Waals surface area contributed by atoms with E-state index in [2.05, 4.69) is 20.8 Å². The minimum Gasteiger partial charge on any atom is -0.299 e. The van der Waals surface area contributed by atoms with E-state index in [0.717, 1.165) is 23.7 Å². The molecule has 4 aliphatic carbocycles. The Morgan fingerprint density at radius 2 is 1.31 bits per heavy atom. The molecule has 0 saturated heterocycles. The maximum absolute atomic E-state index is 12.6. The molecular weight excluding hydrogens is 196 g/mol. The third kappa shape index (κ3) is 1.55. The van der Waals surface area contributed by atoms with Crippen molar-refractivity contribution >= 4 is 5.78 Å².